The van der Waals surface area contributed by atoms with Gasteiger partial charge in [-0.3, -0.25) is 0 Å². The number of rotatable bonds is 4. The third-order valence-corrected chi connectivity index (χ3v) is 3.31. The molecule has 4 heteroatoms. The molecule has 2 nitrogen and oxygen atoms in total. The van der Waals surface area contributed by atoms with E-state index < -0.39 is 0 Å². The van der Waals surface area contributed by atoms with Crippen LogP contribution in [0.5, 0.6) is 5.75 Å². The van der Waals surface area contributed by atoms with E-state index in [1.54, 1.807) is 18.2 Å². The Balaban J connectivity index is 2.09. The summed E-state index contributed by atoms with van der Waals surface area (Å²) >= 11 is 3.45. The largest absolute Gasteiger partial charge is 0.486 e. The number of hydrogen-bond donors (Lipinski definition) is 1. The Kier molecular flexibility index (Phi) is 4.33. The molecule has 0 aliphatic heterocycles. The van der Waals surface area contributed by atoms with Crippen LogP contribution in [0.25, 0.3) is 0 Å². The van der Waals surface area contributed by atoms with E-state index in [-0.39, 0.29) is 11.6 Å². The quantitative estimate of drug-likeness (QED) is 0.936. The van der Waals surface area contributed by atoms with Crippen molar-refractivity contribution in [2.45, 2.75) is 13.2 Å². The first-order valence-electron chi connectivity index (χ1n) is 5.55. The first-order chi connectivity index (χ1) is 8.70. The molecule has 0 spiro atoms. The van der Waals surface area contributed by atoms with Crippen molar-refractivity contribution < 1.29 is 9.13 Å². The molecule has 0 heterocycles. The highest BCUT2D eigenvalue weighted by Gasteiger charge is 2.05. The zero-order valence-corrected chi connectivity index (χ0v) is 11.3. The van der Waals surface area contributed by atoms with E-state index in [1.165, 1.54) is 6.07 Å². The SMILES string of the molecule is NCc1ccc(COc2ccccc2F)c(Br)c1. The van der Waals surface area contributed by atoms with Crippen molar-refractivity contribution in [2.24, 2.45) is 5.73 Å². The van der Waals surface area contributed by atoms with Gasteiger partial charge in [-0.1, -0.05) is 40.2 Å². The van der Waals surface area contributed by atoms with E-state index in [0.29, 0.717) is 13.2 Å². The van der Waals surface area contributed by atoms with Crippen LogP contribution in [0.15, 0.2) is 46.9 Å². The van der Waals surface area contributed by atoms with Crippen molar-refractivity contribution in [1.29, 1.82) is 0 Å². The summed E-state index contributed by atoms with van der Waals surface area (Å²) in [4.78, 5) is 0. The van der Waals surface area contributed by atoms with Gasteiger partial charge in [0.1, 0.15) is 6.61 Å². The number of hydrogen-bond acceptors (Lipinski definition) is 2. The van der Waals surface area contributed by atoms with E-state index in [9.17, 15) is 4.39 Å². The number of halogens is 2. The van der Waals surface area contributed by atoms with Crippen molar-refractivity contribution in [3.63, 3.8) is 0 Å². The molecule has 0 radical (unpaired) electrons. The Morgan fingerprint density at radius 3 is 2.61 bits per heavy atom. The van der Waals surface area contributed by atoms with Crippen molar-refractivity contribution in [1.82, 2.24) is 0 Å². The summed E-state index contributed by atoms with van der Waals surface area (Å²) in [6.45, 7) is 0.805. The Hall–Kier alpha value is -1.39. The molecule has 0 saturated carbocycles. The number of nitrogens with two attached hydrogens (primary N) is 1. The normalized spacial score (nSPS) is 10.4. The van der Waals surface area contributed by atoms with Crippen LogP contribution in [-0.4, -0.2) is 0 Å². The number of para-hydroxylation sites is 1. The monoisotopic (exact) mass is 309 g/mol. The van der Waals surface area contributed by atoms with E-state index in [1.807, 2.05) is 18.2 Å². The summed E-state index contributed by atoms with van der Waals surface area (Å²) in [5.41, 5.74) is 7.54. The molecule has 0 atom stereocenters. The van der Waals surface area contributed by atoms with Gasteiger partial charge in [0.2, 0.25) is 0 Å². The lowest BCUT2D eigenvalue weighted by molar-refractivity contribution is 0.289. The molecule has 0 bridgehead atoms. The van der Waals surface area contributed by atoms with Crippen LogP contribution in [0.2, 0.25) is 0 Å². The van der Waals surface area contributed by atoms with Crippen molar-refractivity contribution in [3.8, 4) is 5.75 Å². The molecule has 0 aliphatic carbocycles. The summed E-state index contributed by atoms with van der Waals surface area (Å²) in [6.07, 6.45) is 0. The third kappa shape index (κ3) is 3.09. The summed E-state index contributed by atoms with van der Waals surface area (Å²) in [6, 6.07) is 12.2. The van der Waals surface area contributed by atoms with Gasteiger partial charge in [0, 0.05) is 16.6 Å². The molecular weight excluding hydrogens is 297 g/mol. The average molecular weight is 310 g/mol. The average Bonchev–Trinajstić information content (AvgIpc) is 2.39. The highest BCUT2D eigenvalue weighted by atomic mass is 79.9. The van der Waals surface area contributed by atoms with Gasteiger partial charge in [-0.2, -0.15) is 0 Å². The van der Waals surface area contributed by atoms with E-state index in [0.717, 1.165) is 15.6 Å². The summed E-state index contributed by atoms with van der Waals surface area (Å²) < 4.78 is 19.7. The van der Waals surface area contributed by atoms with Gasteiger partial charge in [-0.25, -0.2) is 4.39 Å². The van der Waals surface area contributed by atoms with Gasteiger partial charge in [0.15, 0.2) is 11.6 Å². The minimum Gasteiger partial charge on any atom is -0.486 e. The summed E-state index contributed by atoms with van der Waals surface area (Å²) in [5, 5.41) is 0. The standard InChI is InChI=1S/C14H13BrFNO/c15-12-7-10(8-17)5-6-11(12)9-18-14-4-2-1-3-13(14)16/h1-7H,8-9,17H2. The molecule has 0 amide bonds. The molecule has 0 unspecified atom stereocenters. The lowest BCUT2D eigenvalue weighted by Gasteiger charge is -2.09. The molecule has 2 rings (SSSR count). The minimum absolute atomic E-state index is 0.257. The van der Waals surface area contributed by atoms with Crippen molar-refractivity contribution in [2.75, 3.05) is 0 Å². The molecule has 0 aromatic heterocycles. The van der Waals surface area contributed by atoms with E-state index >= 15 is 0 Å². The molecule has 0 aliphatic rings. The second kappa shape index (κ2) is 5.98. The lowest BCUT2D eigenvalue weighted by Crippen LogP contribution is -2.00. The van der Waals surface area contributed by atoms with Gasteiger partial charge >= 0.3 is 0 Å². The molecule has 0 fully saturated rings. The highest BCUT2D eigenvalue weighted by Crippen LogP contribution is 2.22. The number of ether oxygens (including phenoxy) is 1. The minimum atomic E-state index is -0.354. The van der Waals surface area contributed by atoms with Gasteiger partial charge in [0.25, 0.3) is 0 Å². The fourth-order valence-corrected chi connectivity index (χ4v) is 2.09. The predicted molar refractivity (Wildman–Crippen MR) is 72.8 cm³/mol. The Morgan fingerprint density at radius 1 is 1.17 bits per heavy atom. The Morgan fingerprint density at radius 2 is 1.94 bits per heavy atom. The molecule has 2 N–H and O–H groups in total. The van der Waals surface area contributed by atoms with Crippen LogP contribution in [-0.2, 0) is 13.2 Å². The summed E-state index contributed by atoms with van der Waals surface area (Å²) in [7, 11) is 0. The van der Waals surface area contributed by atoms with Crippen molar-refractivity contribution in [3.05, 3.63) is 63.9 Å². The van der Waals surface area contributed by atoms with Gasteiger partial charge in [-0.15, -0.1) is 0 Å². The highest BCUT2D eigenvalue weighted by molar-refractivity contribution is 9.10. The molecule has 2 aromatic rings. The second-order valence-electron chi connectivity index (χ2n) is 3.85. The molecule has 94 valence electrons. The fraction of sp³-hybridized carbons (Fsp3) is 0.143. The van der Waals surface area contributed by atoms with Gasteiger partial charge in [-0.05, 0) is 23.8 Å². The molecule has 18 heavy (non-hydrogen) atoms. The predicted octanol–water partition coefficient (Wildman–Crippen LogP) is 3.63. The fourth-order valence-electron chi connectivity index (χ4n) is 1.55. The smallest absolute Gasteiger partial charge is 0.165 e. The van der Waals surface area contributed by atoms with Crippen molar-refractivity contribution >= 4 is 15.9 Å². The maximum atomic E-state index is 13.4. The van der Waals surface area contributed by atoms with Crippen LogP contribution in [0.3, 0.4) is 0 Å². The zero-order valence-electron chi connectivity index (χ0n) is 9.70. The first-order valence-corrected chi connectivity index (χ1v) is 6.34. The molecular formula is C14H13BrFNO. The van der Waals surface area contributed by atoms with E-state index in [2.05, 4.69) is 15.9 Å². The Labute approximate surface area is 114 Å². The Bertz CT molecular complexity index is 545. The topological polar surface area (TPSA) is 35.2 Å². The first kappa shape index (κ1) is 13.1. The summed E-state index contributed by atoms with van der Waals surface area (Å²) in [5.74, 6) is -0.0977. The molecule has 2 aromatic carbocycles. The number of benzene rings is 2. The van der Waals surface area contributed by atoms with Crippen LogP contribution in [0.1, 0.15) is 11.1 Å². The maximum absolute atomic E-state index is 13.4. The maximum Gasteiger partial charge on any atom is 0.165 e. The van der Waals surface area contributed by atoms with Crippen LogP contribution in [0, 0.1) is 5.82 Å². The van der Waals surface area contributed by atoms with Crippen LogP contribution >= 0.6 is 15.9 Å². The zero-order chi connectivity index (χ0) is 13.0. The second-order valence-corrected chi connectivity index (χ2v) is 4.70. The lowest BCUT2D eigenvalue weighted by atomic mass is 10.1. The van der Waals surface area contributed by atoms with Crippen LogP contribution in [0.4, 0.5) is 4.39 Å². The van der Waals surface area contributed by atoms with Crippen LogP contribution < -0.4 is 10.5 Å². The van der Waals surface area contributed by atoms with Gasteiger partial charge in [0.05, 0.1) is 0 Å². The molecule has 0 saturated heterocycles. The third-order valence-electron chi connectivity index (χ3n) is 2.57. The van der Waals surface area contributed by atoms with Gasteiger partial charge < -0.3 is 10.5 Å². The van der Waals surface area contributed by atoms with E-state index in [4.69, 9.17) is 10.5 Å².